The van der Waals surface area contributed by atoms with Crippen molar-refractivity contribution < 1.29 is 14.3 Å². The summed E-state index contributed by atoms with van der Waals surface area (Å²) in [6.07, 6.45) is 0. The van der Waals surface area contributed by atoms with E-state index in [2.05, 4.69) is 21.2 Å². The molecule has 0 aliphatic heterocycles. The monoisotopic (exact) mass is 387 g/mol. The van der Waals surface area contributed by atoms with E-state index in [4.69, 9.17) is 16.3 Å². The van der Waals surface area contributed by atoms with Crippen LogP contribution in [-0.2, 0) is 9.53 Å². The molecular weight excluding hydrogens is 378 g/mol. The Morgan fingerprint density at radius 3 is 2.71 bits per heavy atom. The fourth-order valence-corrected chi connectivity index (χ4v) is 2.81. The van der Waals surface area contributed by atoms with Crippen LogP contribution in [-0.4, -0.2) is 18.5 Å². The Kier molecular flexibility index (Phi) is 5.39. The number of esters is 1. The Morgan fingerprint density at radius 1 is 1.33 bits per heavy atom. The minimum atomic E-state index is -0.563. The van der Waals surface area contributed by atoms with Gasteiger partial charge < -0.3 is 10.1 Å². The number of carbonyl (C=O) groups excluding carboxylic acids is 2. The molecule has 2 aromatic rings. The molecule has 0 fully saturated rings. The molecule has 0 saturated heterocycles. The lowest BCUT2D eigenvalue weighted by Gasteiger charge is -2.07. The maximum Gasteiger partial charge on any atom is 0.348 e. The van der Waals surface area contributed by atoms with Crippen molar-refractivity contribution in [2.45, 2.75) is 6.92 Å². The molecule has 1 amide bonds. The van der Waals surface area contributed by atoms with Gasteiger partial charge in [0.1, 0.15) is 4.88 Å². The first kappa shape index (κ1) is 16.0. The summed E-state index contributed by atoms with van der Waals surface area (Å²) >= 11 is 10.2. The van der Waals surface area contributed by atoms with Gasteiger partial charge in [-0.25, -0.2) is 4.79 Å². The molecule has 0 saturated carbocycles. The second-order valence-electron chi connectivity index (χ2n) is 4.19. The van der Waals surface area contributed by atoms with Gasteiger partial charge in [0.15, 0.2) is 6.61 Å². The number of hydrogen-bond donors (Lipinski definition) is 1. The second-order valence-corrected chi connectivity index (χ2v) is 6.76. The van der Waals surface area contributed by atoms with Crippen LogP contribution in [0, 0.1) is 6.92 Å². The number of anilines is 1. The van der Waals surface area contributed by atoms with Crippen molar-refractivity contribution in [2.75, 3.05) is 11.9 Å². The first-order chi connectivity index (χ1) is 9.95. The van der Waals surface area contributed by atoms with E-state index < -0.39 is 11.9 Å². The van der Waals surface area contributed by atoms with Crippen molar-refractivity contribution >= 4 is 56.4 Å². The molecule has 0 atom stereocenters. The van der Waals surface area contributed by atoms with E-state index in [-0.39, 0.29) is 6.61 Å². The van der Waals surface area contributed by atoms with Gasteiger partial charge in [0.2, 0.25) is 0 Å². The van der Waals surface area contributed by atoms with Crippen molar-refractivity contribution in [2.24, 2.45) is 0 Å². The standard InChI is InChI=1S/C14H11BrClNO3S/c1-8-2-3-9(6-10(8)15)17-13(18)7-20-14(19)11-4-5-12(16)21-11/h2-6H,7H2,1H3,(H,17,18). The fourth-order valence-electron chi connectivity index (χ4n) is 1.49. The van der Waals surface area contributed by atoms with Crippen LogP contribution in [0.5, 0.6) is 0 Å². The van der Waals surface area contributed by atoms with Crippen LogP contribution in [0.2, 0.25) is 4.34 Å². The van der Waals surface area contributed by atoms with Crippen LogP contribution in [0.15, 0.2) is 34.8 Å². The highest BCUT2D eigenvalue weighted by Crippen LogP contribution is 2.22. The van der Waals surface area contributed by atoms with Gasteiger partial charge in [-0.1, -0.05) is 33.6 Å². The number of thiophene rings is 1. The van der Waals surface area contributed by atoms with Gasteiger partial charge in [-0.05, 0) is 36.8 Å². The number of amides is 1. The van der Waals surface area contributed by atoms with E-state index in [1.54, 1.807) is 24.3 Å². The molecule has 0 spiro atoms. The number of benzene rings is 1. The highest BCUT2D eigenvalue weighted by atomic mass is 79.9. The van der Waals surface area contributed by atoms with E-state index in [1.807, 2.05) is 13.0 Å². The van der Waals surface area contributed by atoms with Crippen LogP contribution in [0.4, 0.5) is 5.69 Å². The highest BCUT2D eigenvalue weighted by Gasteiger charge is 2.12. The molecule has 2 rings (SSSR count). The maximum absolute atomic E-state index is 11.7. The van der Waals surface area contributed by atoms with E-state index in [9.17, 15) is 9.59 Å². The molecule has 1 heterocycles. The Labute approximate surface area is 139 Å². The van der Waals surface area contributed by atoms with Gasteiger partial charge in [-0.3, -0.25) is 4.79 Å². The lowest BCUT2D eigenvalue weighted by molar-refractivity contribution is -0.119. The number of carbonyl (C=O) groups is 2. The predicted molar refractivity (Wildman–Crippen MR) is 87.1 cm³/mol. The summed E-state index contributed by atoms with van der Waals surface area (Å²) in [5, 5.41) is 2.65. The summed E-state index contributed by atoms with van der Waals surface area (Å²) in [4.78, 5) is 23.7. The number of rotatable bonds is 4. The first-order valence-electron chi connectivity index (χ1n) is 5.94. The van der Waals surface area contributed by atoms with Crippen molar-refractivity contribution in [1.29, 1.82) is 0 Å². The molecule has 1 N–H and O–H groups in total. The molecule has 4 nitrogen and oxygen atoms in total. The number of ether oxygens (including phenoxy) is 1. The predicted octanol–water partition coefficient (Wildman–Crippen LogP) is 4.27. The Bertz CT molecular complexity index is 687. The van der Waals surface area contributed by atoms with Gasteiger partial charge in [0.25, 0.3) is 5.91 Å². The molecular formula is C14H11BrClNO3S. The van der Waals surface area contributed by atoms with Crippen molar-refractivity contribution in [3.8, 4) is 0 Å². The zero-order chi connectivity index (χ0) is 15.4. The van der Waals surface area contributed by atoms with Gasteiger partial charge in [-0.15, -0.1) is 11.3 Å². The number of nitrogens with one attached hydrogen (secondary N) is 1. The minimum Gasteiger partial charge on any atom is -0.451 e. The van der Waals surface area contributed by atoms with E-state index >= 15 is 0 Å². The third kappa shape index (κ3) is 4.56. The average molecular weight is 389 g/mol. The summed E-state index contributed by atoms with van der Waals surface area (Å²) in [6.45, 7) is 1.60. The molecule has 110 valence electrons. The maximum atomic E-state index is 11.7. The second kappa shape index (κ2) is 7.06. The Balaban J connectivity index is 1.87. The van der Waals surface area contributed by atoms with Crippen LogP contribution < -0.4 is 5.32 Å². The highest BCUT2D eigenvalue weighted by molar-refractivity contribution is 9.10. The van der Waals surface area contributed by atoms with Crippen LogP contribution in [0.25, 0.3) is 0 Å². The largest absolute Gasteiger partial charge is 0.451 e. The van der Waals surface area contributed by atoms with Crippen LogP contribution in [0.3, 0.4) is 0 Å². The van der Waals surface area contributed by atoms with E-state index in [1.165, 1.54) is 0 Å². The van der Waals surface area contributed by atoms with Gasteiger partial charge in [0, 0.05) is 10.2 Å². The average Bonchev–Trinajstić information content (AvgIpc) is 2.87. The molecule has 21 heavy (non-hydrogen) atoms. The zero-order valence-electron chi connectivity index (χ0n) is 11.0. The van der Waals surface area contributed by atoms with Crippen molar-refractivity contribution in [3.63, 3.8) is 0 Å². The first-order valence-corrected chi connectivity index (χ1v) is 7.93. The zero-order valence-corrected chi connectivity index (χ0v) is 14.1. The summed E-state index contributed by atoms with van der Waals surface area (Å²) in [6, 6.07) is 8.60. The molecule has 7 heteroatoms. The normalized spacial score (nSPS) is 10.2. The molecule has 1 aromatic carbocycles. The van der Waals surface area contributed by atoms with E-state index in [0.29, 0.717) is 14.9 Å². The van der Waals surface area contributed by atoms with Gasteiger partial charge >= 0.3 is 5.97 Å². The molecule has 0 aliphatic rings. The van der Waals surface area contributed by atoms with Gasteiger partial charge in [0.05, 0.1) is 4.34 Å². The summed E-state index contributed by atoms with van der Waals surface area (Å²) in [7, 11) is 0. The minimum absolute atomic E-state index is 0.347. The van der Waals surface area contributed by atoms with Crippen molar-refractivity contribution in [3.05, 3.63) is 49.6 Å². The molecule has 0 aliphatic carbocycles. The molecule has 0 unspecified atom stereocenters. The molecule has 1 aromatic heterocycles. The lowest BCUT2D eigenvalue weighted by atomic mass is 10.2. The van der Waals surface area contributed by atoms with Crippen molar-refractivity contribution in [1.82, 2.24) is 0 Å². The third-order valence-electron chi connectivity index (χ3n) is 2.56. The number of hydrogen-bond acceptors (Lipinski definition) is 4. The summed E-state index contributed by atoms with van der Waals surface area (Å²) < 4.78 is 6.31. The lowest BCUT2D eigenvalue weighted by Crippen LogP contribution is -2.20. The Hall–Kier alpha value is -1.37. The fraction of sp³-hybridized carbons (Fsp3) is 0.143. The van der Waals surface area contributed by atoms with Crippen LogP contribution in [0.1, 0.15) is 15.2 Å². The van der Waals surface area contributed by atoms with E-state index in [0.717, 1.165) is 21.4 Å². The molecule has 0 bridgehead atoms. The quantitative estimate of drug-likeness (QED) is 0.796. The summed E-state index contributed by atoms with van der Waals surface area (Å²) in [5.41, 5.74) is 1.70. The summed E-state index contributed by atoms with van der Waals surface area (Å²) in [5.74, 6) is -0.964. The van der Waals surface area contributed by atoms with Crippen LogP contribution >= 0.6 is 38.9 Å². The number of halogens is 2. The Morgan fingerprint density at radius 2 is 2.10 bits per heavy atom. The van der Waals surface area contributed by atoms with Gasteiger partial charge in [-0.2, -0.15) is 0 Å². The topological polar surface area (TPSA) is 55.4 Å². The third-order valence-corrected chi connectivity index (χ3v) is 4.63. The SMILES string of the molecule is Cc1ccc(NC(=O)COC(=O)c2ccc(Cl)s2)cc1Br. The number of aryl methyl sites for hydroxylation is 1. The molecule has 0 radical (unpaired) electrons. The smallest absolute Gasteiger partial charge is 0.348 e.